The number of allylic oxidation sites excluding steroid dienone is 1. The molecule has 81 valence electrons. The molecular formula is C12H22NO. The highest BCUT2D eigenvalue weighted by Crippen LogP contribution is 2.08. The van der Waals surface area contributed by atoms with Crippen molar-refractivity contribution in [2.24, 2.45) is 0 Å². The highest BCUT2D eigenvalue weighted by atomic mass is 16.1. The summed E-state index contributed by atoms with van der Waals surface area (Å²) in [7, 11) is 0. The molecule has 0 saturated carbocycles. The summed E-state index contributed by atoms with van der Waals surface area (Å²) in [6.45, 7) is 2.24. The molecule has 0 saturated heterocycles. The van der Waals surface area contributed by atoms with Crippen molar-refractivity contribution in [3.8, 4) is 0 Å². The van der Waals surface area contributed by atoms with Gasteiger partial charge in [0.2, 0.25) is 0 Å². The Kier molecular flexibility index (Phi) is 11.5. The summed E-state index contributed by atoms with van der Waals surface area (Å²) in [6, 6.07) is 0. The molecule has 0 aliphatic rings. The quantitative estimate of drug-likeness (QED) is 0.421. The zero-order valence-corrected chi connectivity index (χ0v) is 9.22. The molecule has 0 aliphatic carbocycles. The van der Waals surface area contributed by atoms with Gasteiger partial charge in [0, 0.05) is 6.20 Å². The predicted octanol–water partition coefficient (Wildman–Crippen LogP) is 3.30. The maximum atomic E-state index is 9.75. The van der Waals surface area contributed by atoms with Gasteiger partial charge in [-0.3, -0.25) is 4.79 Å². The lowest BCUT2D eigenvalue weighted by molar-refractivity contribution is 0.550. The van der Waals surface area contributed by atoms with E-state index in [0.29, 0.717) is 0 Å². The fourth-order valence-corrected chi connectivity index (χ4v) is 1.40. The molecule has 2 nitrogen and oxygen atoms in total. The second-order valence-electron chi connectivity index (χ2n) is 3.56. The number of amides is 1. The Labute approximate surface area is 87.8 Å². The first-order valence-corrected chi connectivity index (χ1v) is 5.69. The van der Waals surface area contributed by atoms with Crippen LogP contribution in [0.3, 0.4) is 0 Å². The van der Waals surface area contributed by atoms with Crippen LogP contribution >= 0.6 is 0 Å². The summed E-state index contributed by atoms with van der Waals surface area (Å²) in [6.07, 6.45) is 15.6. The Balaban J connectivity index is 2.95. The number of rotatable bonds is 10. The molecule has 0 aromatic carbocycles. The smallest absolute Gasteiger partial charge is 0.313 e. The highest BCUT2D eigenvalue weighted by Gasteiger charge is 1.88. The van der Waals surface area contributed by atoms with Gasteiger partial charge in [-0.1, -0.05) is 51.5 Å². The van der Waals surface area contributed by atoms with E-state index in [-0.39, 0.29) is 0 Å². The average Bonchev–Trinajstić information content (AvgIpc) is 2.21. The lowest BCUT2D eigenvalue weighted by atomic mass is 10.1. The van der Waals surface area contributed by atoms with Crippen LogP contribution in [0.5, 0.6) is 0 Å². The molecule has 0 rings (SSSR count). The number of unbranched alkanes of at least 4 members (excludes halogenated alkanes) is 7. The lowest BCUT2D eigenvalue weighted by Gasteiger charge is -1.98. The average molecular weight is 196 g/mol. The Bertz CT molecular complexity index is 143. The molecule has 0 aliphatic heterocycles. The molecule has 2 heteroatoms. The summed E-state index contributed by atoms with van der Waals surface area (Å²) in [4.78, 5) is 9.75. The van der Waals surface area contributed by atoms with Gasteiger partial charge in [-0.25, -0.2) is 0 Å². The zero-order chi connectivity index (χ0) is 10.5. The van der Waals surface area contributed by atoms with Gasteiger partial charge in [0.25, 0.3) is 0 Å². The molecule has 1 N–H and O–H groups in total. The van der Waals surface area contributed by atoms with Crippen LogP contribution < -0.4 is 5.32 Å². The maximum absolute atomic E-state index is 9.75. The summed E-state index contributed by atoms with van der Waals surface area (Å²) >= 11 is 0. The number of hydrogen-bond donors (Lipinski definition) is 1. The number of carbonyl (C=O) groups excluding carboxylic acids is 1. The van der Waals surface area contributed by atoms with Crippen molar-refractivity contribution in [1.82, 2.24) is 5.32 Å². The van der Waals surface area contributed by atoms with Gasteiger partial charge in [0.1, 0.15) is 0 Å². The van der Waals surface area contributed by atoms with E-state index in [4.69, 9.17) is 0 Å². The van der Waals surface area contributed by atoms with Crippen LogP contribution in [-0.4, -0.2) is 6.41 Å². The van der Waals surface area contributed by atoms with Crippen molar-refractivity contribution in [3.63, 3.8) is 0 Å². The minimum atomic E-state index is 1.06. The third kappa shape index (κ3) is 11.2. The standard InChI is InChI=1S/C12H22NO/c1-2-3-4-5-6-7-8-9-10-11-13-12-14/h10-11H,2-9H2,1H3,(H,13,14). The first kappa shape index (κ1) is 13.2. The van der Waals surface area contributed by atoms with Crippen LogP contribution in [0, 0.1) is 0 Å². The van der Waals surface area contributed by atoms with Crippen molar-refractivity contribution < 1.29 is 4.79 Å². The molecular weight excluding hydrogens is 174 g/mol. The number of hydrogen-bond acceptors (Lipinski definition) is 1. The van der Waals surface area contributed by atoms with Crippen LogP contribution in [0.15, 0.2) is 12.3 Å². The van der Waals surface area contributed by atoms with E-state index >= 15 is 0 Å². The van der Waals surface area contributed by atoms with Crippen LogP contribution in [0.25, 0.3) is 0 Å². The molecule has 0 unspecified atom stereocenters. The van der Waals surface area contributed by atoms with Gasteiger partial charge in [0.15, 0.2) is 0 Å². The van der Waals surface area contributed by atoms with Crippen LogP contribution in [-0.2, 0) is 4.79 Å². The predicted molar refractivity (Wildman–Crippen MR) is 60.6 cm³/mol. The number of nitrogens with one attached hydrogen (secondary N) is 1. The molecule has 14 heavy (non-hydrogen) atoms. The summed E-state index contributed by atoms with van der Waals surface area (Å²) in [5.74, 6) is 0. The van der Waals surface area contributed by atoms with Crippen molar-refractivity contribution in [3.05, 3.63) is 12.3 Å². The topological polar surface area (TPSA) is 29.1 Å². The van der Waals surface area contributed by atoms with Gasteiger partial charge in [-0.05, 0) is 12.8 Å². The van der Waals surface area contributed by atoms with E-state index in [0.717, 1.165) is 6.42 Å². The summed E-state index contributed by atoms with van der Waals surface area (Å²) < 4.78 is 0. The normalized spacial score (nSPS) is 10.6. The van der Waals surface area contributed by atoms with Crippen molar-refractivity contribution >= 4 is 6.41 Å². The van der Waals surface area contributed by atoms with Crippen LogP contribution in [0.1, 0.15) is 58.3 Å². The SMILES string of the molecule is CCCCCCCCCC=CN[C]=O. The minimum absolute atomic E-state index is 1.06. The zero-order valence-electron chi connectivity index (χ0n) is 9.22. The van der Waals surface area contributed by atoms with Crippen LogP contribution in [0.4, 0.5) is 0 Å². The summed E-state index contributed by atoms with van der Waals surface area (Å²) in [5.41, 5.74) is 0. The Hall–Kier alpha value is -0.790. The van der Waals surface area contributed by atoms with E-state index in [1.807, 2.05) is 6.08 Å². The van der Waals surface area contributed by atoms with Gasteiger partial charge in [0.05, 0.1) is 0 Å². The lowest BCUT2D eigenvalue weighted by Crippen LogP contribution is -1.97. The van der Waals surface area contributed by atoms with Crippen molar-refractivity contribution in [2.45, 2.75) is 58.3 Å². The molecule has 0 atom stereocenters. The molecule has 0 bridgehead atoms. The molecule has 0 fully saturated rings. The second kappa shape index (κ2) is 12.2. The Morgan fingerprint density at radius 2 is 1.71 bits per heavy atom. The minimum Gasteiger partial charge on any atom is -0.325 e. The van der Waals surface area contributed by atoms with Gasteiger partial charge in [-0.2, -0.15) is 0 Å². The molecule has 0 heterocycles. The van der Waals surface area contributed by atoms with Gasteiger partial charge >= 0.3 is 6.41 Å². The fourth-order valence-electron chi connectivity index (χ4n) is 1.40. The largest absolute Gasteiger partial charge is 0.325 e. The van der Waals surface area contributed by atoms with E-state index < -0.39 is 0 Å². The molecule has 1 radical (unpaired) electrons. The first-order valence-electron chi connectivity index (χ1n) is 5.69. The van der Waals surface area contributed by atoms with Crippen molar-refractivity contribution in [2.75, 3.05) is 0 Å². The molecule has 0 aromatic rings. The van der Waals surface area contributed by atoms with E-state index in [2.05, 4.69) is 12.2 Å². The molecule has 0 spiro atoms. The van der Waals surface area contributed by atoms with E-state index in [1.54, 1.807) is 12.6 Å². The Morgan fingerprint density at radius 3 is 2.36 bits per heavy atom. The second-order valence-corrected chi connectivity index (χ2v) is 3.56. The maximum Gasteiger partial charge on any atom is 0.313 e. The molecule has 0 aromatic heterocycles. The summed E-state index contributed by atoms with van der Waals surface area (Å²) in [5, 5.41) is 2.38. The van der Waals surface area contributed by atoms with Crippen LogP contribution in [0.2, 0.25) is 0 Å². The van der Waals surface area contributed by atoms with Gasteiger partial charge < -0.3 is 5.32 Å². The fraction of sp³-hybridized carbons (Fsp3) is 0.750. The monoisotopic (exact) mass is 196 g/mol. The van der Waals surface area contributed by atoms with E-state index in [1.165, 1.54) is 44.9 Å². The third-order valence-corrected chi connectivity index (χ3v) is 2.23. The Morgan fingerprint density at radius 1 is 1.07 bits per heavy atom. The third-order valence-electron chi connectivity index (χ3n) is 2.23. The van der Waals surface area contributed by atoms with E-state index in [9.17, 15) is 4.79 Å². The first-order chi connectivity index (χ1) is 6.91. The van der Waals surface area contributed by atoms with Gasteiger partial charge in [-0.15, -0.1) is 0 Å². The highest BCUT2D eigenvalue weighted by molar-refractivity contribution is 5.48. The molecule has 1 amide bonds. The van der Waals surface area contributed by atoms with Crippen molar-refractivity contribution in [1.29, 1.82) is 0 Å².